The molecule has 0 fully saturated rings. The number of hydrogen-bond donors (Lipinski definition) is 1. The Labute approximate surface area is 195 Å². The molecule has 8 nitrogen and oxygen atoms in total. The molecule has 5 aromatic rings. The summed E-state index contributed by atoms with van der Waals surface area (Å²) in [6.07, 6.45) is 5.45. The molecule has 0 aliphatic carbocycles. The number of halogens is 1. The van der Waals surface area contributed by atoms with Gasteiger partial charge in [0.1, 0.15) is 5.82 Å². The van der Waals surface area contributed by atoms with Crippen molar-refractivity contribution in [3.8, 4) is 16.8 Å². The van der Waals surface area contributed by atoms with E-state index in [1.165, 1.54) is 0 Å². The van der Waals surface area contributed by atoms with Crippen LogP contribution in [0.15, 0.2) is 47.7 Å². The van der Waals surface area contributed by atoms with Gasteiger partial charge in [0.25, 0.3) is 0 Å². The zero-order chi connectivity index (χ0) is 23.4. The third-order valence-electron chi connectivity index (χ3n) is 5.96. The Hall–Kier alpha value is -3.65. The molecule has 1 N–H and O–H groups in total. The summed E-state index contributed by atoms with van der Waals surface area (Å²) in [7, 11) is 3.55. The number of pyridine rings is 2. The maximum absolute atomic E-state index is 13.4. The number of nitrogens with zero attached hydrogens (tertiary/aromatic N) is 6. The normalized spacial score (nSPS) is 11.7. The molecule has 1 aromatic carbocycles. The first-order valence-corrected chi connectivity index (χ1v) is 11.1. The summed E-state index contributed by atoms with van der Waals surface area (Å²) < 4.78 is 5.24. The van der Waals surface area contributed by atoms with Crippen LogP contribution < -0.4 is 11.0 Å². The third-order valence-corrected chi connectivity index (χ3v) is 6.24. The maximum Gasteiger partial charge on any atom is 0.333 e. The van der Waals surface area contributed by atoms with Crippen LogP contribution in [0.4, 0.5) is 5.82 Å². The molecule has 0 aliphatic rings. The molecule has 0 bridgehead atoms. The molecular weight excluding hydrogens is 438 g/mol. The average molecular weight is 462 g/mol. The van der Waals surface area contributed by atoms with Crippen LogP contribution in [0.2, 0.25) is 5.02 Å². The SMILES string of the molecule is CNc1ncc(-c2ccc3ncc4c(c3c2)n(-c2cn(C(C)C)nc2C)c(=O)n4C)cc1Cl. The van der Waals surface area contributed by atoms with Crippen molar-refractivity contribution in [2.75, 3.05) is 12.4 Å². The van der Waals surface area contributed by atoms with E-state index < -0.39 is 0 Å². The van der Waals surface area contributed by atoms with Gasteiger partial charge in [-0.1, -0.05) is 17.7 Å². The summed E-state index contributed by atoms with van der Waals surface area (Å²) in [5.74, 6) is 0.625. The molecule has 4 heterocycles. The lowest BCUT2D eigenvalue weighted by atomic mass is 10.0. The zero-order valence-corrected chi connectivity index (χ0v) is 19.8. The molecule has 0 saturated carbocycles. The summed E-state index contributed by atoms with van der Waals surface area (Å²) in [4.78, 5) is 22.4. The van der Waals surface area contributed by atoms with E-state index in [4.69, 9.17) is 11.6 Å². The number of aryl methyl sites for hydroxylation is 2. The van der Waals surface area contributed by atoms with Gasteiger partial charge in [0.15, 0.2) is 0 Å². The van der Waals surface area contributed by atoms with Crippen LogP contribution in [-0.2, 0) is 7.05 Å². The molecular formula is C24H24ClN7O. The largest absolute Gasteiger partial charge is 0.372 e. The highest BCUT2D eigenvalue weighted by molar-refractivity contribution is 6.33. The van der Waals surface area contributed by atoms with Gasteiger partial charge in [-0.25, -0.2) is 9.78 Å². The van der Waals surface area contributed by atoms with E-state index in [-0.39, 0.29) is 11.7 Å². The fourth-order valence-corrected chi connectivity index (χ4v) is 4.40. The van der Waals surface area contributed by atoms with E-state index in [2.05, 4.69) is 34.2 Å². The standard InChI is InChI=1S/C24H24ClN7O/c1-13(2)31-12-21(14(3)29-31)32-22-17-8-15(16-9-18(25)23(26-4)28-10-16)6-7-19(17)27-11-20(22)30(5)24(32)33/h6-13H,1-5H3,(H,26,28). The first kappa shape index (κ1) is 21.2. The Morgan fingerprint density at radius 1 is 1.09 bits per heavy atom. The van der Waals surface area contributed by atoms with Crippen molar-refractivity contribution in [2.24, 2.45) is 7.05 Å². The van der Waals surface area contributed by atoms with Gasteiger partial charge in [-0.2, -0.15) is 5.10 Å². The van der Waals surface area contributed by atoms with E-state index in [1.54, 1.807) is 35.6 Å². The Bertz CT molecular complexity index is 1590. The molecule has 0 radical (unpaired) electrons. The monoisotopic (exact) mass is 461 g/mol. The summed E-state index contributed by atoms with van der Waals surface area (Å²) in [6.45, 7) is 6.05. The maximum atomic E-state index is 13.4. The van der Waals surface area contributed by atoms with Crippen molar-refractivity contribution in [3.63, 3.8) is 0 Å². The second kappa shape index (κ2) is 7.74. The molecule has 33 heavy (non-hydrogen) atoms. The first-order chi connectivity index (χ1) is 15.8. The van der Waals surface area contributed by atoms with Crippen molar-refractivity contribution in [2.45, 2.75) is 26.8 Å². The molecule has 4 aromatic heterocycles. The predicted octanol–water partition coefficient (Wildman–Crippen LogP) is 4.72. The van der Waals surface area contributed by atoms with Crippen LogP contribution in [0.3, 0.4) is 0 Å². The van der Waals surface area contributed by atoms with Gasteiger partial charge in [0.05, 0.1) is 39.2 Å². The van der Waals surface area contributed by atoms with Crippen LogP contribution in [0.5, 0.6) is 0 Å². The Kier molecular flexibility index (Phi) is 4.97. The average Bonchev–Trinajstić information content (AvgIpc) is 3.30. The number of aromatic nitrogens is 6. The van der Waals surface area contributed by atoms with Gasteiger partial charge in [-0.15, -0.1) is 0 Å². The van der Waals surface area contributed by atoms with Crippen molar-refractivity contribution in [3.05, 3.63) is 64.1 Å². The van der Waals surface area contributed by atoms with E-state index in [0.29, 0.717) is 10.8 Å². The number of hydrogen-bond acceptors (Lipinski definition) is 5. The topological polar surface area (TPSA) is 82.6 Å². The van der Waals surface area contributed by atoms with Crippen LogP contribution in [-0.4, -0.2) is 35.9 Å². The van der Waals surface area contributed by atoms with Gasteiger partial charge >= 0.3 is 5.69 Å². The Morgan fingerprint density at radius 3 is 2.55 bits per heavy atom. The van der Waals surface area contributed by atoms with Gasteiger partial charge in [-0.3, -0.25) is 18.8 Å². The summed E-state index contributed by atoms with van der Waals surface area (Å²) in [6, 6.07) is 8.04. The van der Waals surface area contributed by atoms with Crippen molar-refractivity contribution < 1.29 is 0 Å². The minimum absolute atomic E-state index is 0.140. The van der Waals surface area contributed by atoms with Gasteiger partial charge in [0, 0.05) is 43.5 Å². The van der Waals surface area contributed by atoms with Crippen LogP contribution >= 0.6 is 11.6 Å². The van der Waals surface area contributed by atoms with E-state index >= 15 is 0 Å². The Balaban J connectivity index is 1.82. The highest BCUT2D eigenvalue weighted by Crippen LogP contribution is 2.32. The highest BCUT2D eigenvalue weighted by atomic mass is 35.5. The minimum Gasteiger partial charge on any atom is -0.372 e. The third kappa shape index (κ3) is 3.29. The van der Waals surface area contributed by atoms with Gasteiger partial charge < -0.3 is 5.32 Å². The molecule has 0 amide bonds. The summed E-state index contributed by atoms with van der Waals surface area (Å²) in [5, 5.41) is 9.00. The number of fused-ring (bicyclic) bond motifs is 3. The van der Waals surface area contributed by atoms with Crippen molar-refractivity contribution >= 4 is 39.4 Å². The zero-order valence-electron chi connectivity index (χ0n) is 19.1. The summed E-state index contributed by atoms with van der Waals surface area (Å²) >= 11 is 6.37. The van der Waals surface area contributed by atoms with E-state index in [9.17, 15) is 4.79 Å². The number of imidazole rings is 1. The second-order valence-corrected chi connectivity index (χ2v) is 8.79. The number of rotatable bonds is 4. The minimum atomic E-state index is -0.140. The predicted molar refractivity (Wildman–Crippen MR) is 133 cm³/mol. The Morgan fingerprint density at radius 2 is 1.88 bits per heavy atom. The number of anilines is 1. The quantitative estimate of drug-likeness (QED) is 0.418. The van der Waals surface area contributed by atoms with Gasteiger partial charge in [0.2, 0.25) is 0 Å². The number of nitrogens with one attached hydrogen (secondary N) is 1. The molecule has 0 atom stereocenters. The van der Waals surface area contributed by atoms with Crippen LogP contribution in [0, 0.1) is 6.92 Å². The molecule has 0 spiro atoms. The highest BCUT2D eigenvalue weighted by Gasteiger charge is 2.20. The van der Waals surface area contributed by atoms with Crippen molar-refractivity contribution in [1.82, 2.24) is 28.9 Å². The fraction of sp³-hybridized carbons (Fsp3) is 0.250. The van der Waals surface area contributed by atoms with Crippen molar-refractivity contribution in [1.29, 1.82) is 0 Å². The lowest BCUT2D eigenvalue weighted by Gasteiger charge is -2.09. The second-order valence-electron chi connectivity index (χ2n) is 8.38. The summed E-state index contributed by atoms with van der Waals surface area (Å²) in [5.41, 5.74) is 5.58. The molecule has 0 unspecified atom stereocenters. The smallest absolute Gasteiger partial charge is 0.333 e. The van der Waals surface area contributed by atoms with Gasteiger partial charge in [-0.05, 0) is 44.5 Å². The van der Waals surface area contributed by atoms with E-state index in [1.807, 2.05) is 42.1 Å². The fourth-order valence-electron chi connectivity index (χ4n) is 4.14. The lowest BCUT2D eigenvalue weighted by Crippen LogP contribution is -2.21. The lowest BCUT2D eigenvalue weighted by molar-refractivity contribution is 0.529. The van der Waals surface area contributed by atoms with Crippen LogP contribution in [0.1, 0.15) is 25.6 Å². The molecule has 168 valence electrons. The number of benzene rings is 1. The molecule has 0 saturated heterocycles. The van der Waals surface area contributed by atoms with Crippen LogP contribution in [0.25, 0.3) is 38.8 Å². The molecule has 9 heteroatoms. The molecule has 0 aliphatic heterocycles. The first-order valence-electron chi connectivity index (χ1n) is 10.7. The molecule has 5 rings (SSSR count). The van der Waals surface area contributed by atoms with E-state index in [0.717, 1.165) is 44.4 Å².